The SMILES string of the molecule is COc1ccc(CN(c2nccs2)S(=O)(=O)c2cc3c(cc2F)C(N2CC[C@H](C(F)(F)F)C[C@@H]2c2ccc(F)cc2)CCO3)c(OC)c1. The molecule has 3 atom stereocenters. The molecule has 2 aliphatic heterocycles. The number of aromatic nitrogens is 1. The molecule has 48 heavy (non-hydrogen) atoms. The van der Waals surface area contributed by atoms with Crippen LogP contribution >= 0.6 is 11.3 Å². The molecule has 0 aliphatic carbocycles. The lowest BCUT2D eigenvalue weighted by atomic mass is 9.84. The maximum atomic E-state index is 16.2. The van der Waals surface area contributed by atoms with Crippen LogP contribution in [0.1, 0.15) is 48.0 Å². The fraction of sp³-hybridized carbons (Fsp3) is 0.364. The molecule has 8 nitrogen and oxygen atoms in total. The van der Waals surface area contributed by atoms with Gasteiger partial charge in [0.15, 0.2) is 5.13 Å². The van der Waals surface area contributed by atoms with Crippen LogP contribution in [0.2, 0.25) is 0 Å². The predicted molar refractivity (Wildman–Crippen MR) is 169 cm³/mol. The smallest absolute Gasteiger partial charge is 0.391 e. The van der Waals surface area contributed by atoms with E-state index in [0.29, 0.717) is 34.6 Å². The number of hydrogen-bond donors (Lipinski definition) is 0. The number of rotatable bonds is 9. The number of alkyl halides is 3. The van der Waals surface area contributed by atoms with E-state index in [9.17, 15) is 26.0 Å². The molecule has 6 rings (SSSR count). The minimum Gasteiger partial charge on any atom is -0.497 e. The fourth-order valence-corrected chi connectivity index (χ4v) is 8.76. The van der Waals surface area contributed by atoms with Crippen molar-refractivity contribution in [2.45, 2.75) is 49.0 Å². The monoisotopic (exact) mass is 709 g/mol. The summed E-state index contributed by atoms with van der Waals surface area (Å²) >= 11 is 1.05. The molecule has 15 heteroatoms. The Morgan fingerprint density at radius 2 is 1.79 bits per heavy atom. The first kappa shape index (κ1) is 33.9. The van der Waals surface area contributed by atoms with Crippen LogP contribution in [-0.4, -0.2) is 51.8 Å². The number of nitrogens with zero attached hydrogens (tertiary/aromatic N) is 3. The fourth-order valence-electron chi connectivity index (χ4n) is 6.43. The molecule has 0 radical (unpaired) electrons. The van der Waals surface area contributed by atoms with Crippen LogP contribution in [0.3, 0.4) is 0 Å². The Labute approximate surface area is 278 Å². The van der Waals surface area contributed by atoms with E-state index in [0.717, 1.165) is 27.8 Å². The lowest BCUT2D eigenvalue weighted by molar-refractivity contribution is -0.192. The summed E-state index contributed by atoms with van der Waals surface area (Å²) in [6.45, 7) is -0.0760. The average molecular weight is 710 g/mol. The van der Waals surface area contributed by atoms with Gasteiger partial charge in [0.25, 0.3) is 10.0 Å². The number of fused-ring (bicyclic) bond motifs is 1. The summed E-state index contributed by atoms with van der Waals surface area (Å²) in [7, 11) is -1.67. The summed E-state index contributed by atoms with van der Waals surface area (Å²) in [6, 6.07) is 11.1. The molecule has 1 unspecified atom stereocenters. The maximum absolute atomic E-state index is 16.2. The molecule has 0 saturated carbocycles. The molecule has 0 N–H and O–H groups in total. The van der Waals surface area contributed by atoms with Crippen LogP contribution in [0.15, 0.2) is 71.1 Å². The van der Waals surface area contributed by atoms with Gasteiger partial charge in [-0.05, 0) is 55.3 Å². The summed E-state index contributed by atoms with van der Waals surface area (Å²) in [6.07, 6.45) is -3.07. The number of likely N-dealkylation sites (tertiary alicyclic amines) is 1. The zero-order valence-corrected chi connectivity index (χ0v) is 27.5. The molecule has 2 aliphatic rings. The normalized spacial score (nSPS) is 20.1. The molecular weight excluding hydrogens is 678 g/mol. The van der Waals surface area contributed by atoms with E-state index < -0.39 is 50.7 Å². The minimum atomic E-state index is -4.59. The lowest BCUT2D eigenvalue weighted by Crippen LogP contribution is -2.44. The first-order valence-corrected chi connectivity index (χ1v) is 17.4. The van der Waals surface area contributed by atoms with Gasteiger partial charge < -0.3 is 14.2 Å². The van der Waals surface area contributed by atoms with E-state index in [-0.39, 0.29) is 43.4 Å². The van der Waals surface area contributed by atoms with Crippen molar-refractivity contribution in [3.05, 3.63) is 94.5 Å². The maximum Gasteiger partial charge on any atom is 0.391 e. The number of halogens is 5. The number of hydrogen-bond acceptors (Lipinski definition) is 8. The van der Waals surface area contributed by atoms with Crippen LogP contribution in [-0.2, 0) is 16.6 Å². The number of thiazole rings is 1. The van der Waals surface area contributed by atoms with Gasteiger partial charge >= 0.3 is 6.18 Å². The number of piperidine rings is 1. The molecule has 0 amide bonds. The summed E-state index contributed by atoms with van der Waals surface area (Å²) < 4.78 is 118. The van der Waals surface area contributed by atoms with Gasteiger partial charge in [-0.2, -0.15) is 13.2 Å². The van der Waals surface area contributed by atoms with Crippen LogP contribution in [0.25, 0.3) is 0 Å². The molecule has 0 spiro atoms. The van der Waals surface area contributed by atoms with Crippen molar-refractivity contribution >= 4 is 26.5 Å². The summed E-state index contributed by atoms with van der Waals surface area (Å²) in [5.41, 5.74) is 1.31. The van der Waals surface area contributed by atoms with Crippen LogP contribution in [0.4, 0.5) is 27.1 Å². The van der Waals surface area contributed by atoms with Gasteiger partial charge in [-0.15, -0.1) is 11.3 Å². The third-order valence-corrected chi connectivity index (χ3v) is 11.5. The summed E-state index contributed by atoms with van der Waals surface area (Å²) in [4.78, 5) is 5.41. The van der Waals surface area contributed by atoms with Crippen molar-refractivity contribution in [1.82, 2.24) is 9.88 Å². The van der Waals surface area contributed by atoms with Gasteiger partial charge in [0.2, 0.25) is 0 Å². The summed E-state index contributed by atoms with van der Waals surface area (Å²) in [5, 5.41) is 1.69. The molecule has 0 bridgehead atoms. The first-order valence-electron chi connectivity index (χ1n) is 15.1. The van der Waals surface area contributed by atoms with E-state index in [2.05, 4.69) is 4.98 Å². The molecule has 256 valence electrons. The second-order valence-corrected chi connectivity index (χ2v) is 14.2. The minimum absolute atomic E-state index is 0.0412. The van der Waals surface area contributed by atoms with E-state index >= 15 is 4.39 Å². The highest BCUT2D eigenvalue weighted by Gasteiger charge is 2.47. The van der Waals surface area contributed by atoms with Crippen molar-refractivity contribution in [2.75, 3.05) is 31.7 Å². The van der Waals surface area contributed by atoms with Crippen LogP contribution in [0, 0.1) is 17.6 Å². The van der Waals surface area contributed by atoms with Crippen molar-refractivity contribution in [2.24, 2.45) is 5.92 Å². The molecule has 1 aromatic heterocycles. The molecule has 4 aromatic rings. The number of sulfonamides is 1. The molecular formula is C33H32F5N3O5S2. The Kier molecular flexibility index (Phi) is 9.55. The topological polar surface area (TPSA) is 81.2 Å². The number of anilines is 1. The number of ether oxygens (including phenoxy) is 3. The third kappa shape index (κ3) is 6.67. The van der Waals surface area contributed by atoms with Crippen molar-refractivity contribution in [3.63, 3.8) is 0 Å². The Hall–Kier alpha value is -3.95. The van der Waals surface area contributed by atoms with Gasteiger partial charge in [-0.1, -0.05) is 12.1 Å². The van der Waals surface area contributed by atoms with E-state index in [1.165, 1.54) is 44.7 Å². The van der Waals surface area contributed by atoms with Gasteiger partial charge in [-0.3, -0.25) is 4.90 Å². The number of benzene rings is 3. The van der Waals surface area contributed by atoms with E-state index in [1.807, 2.05) is 4.90 Å². The lowest BCUT2D eigenvalue weighted by Gasteiger charge is -2.46. The first-order chi connectivity index (χ1) is 22.9. The molecule has 3 aromatic carbocycles. The molecule has 3 heterocycles. The quantitative estimate of drug-likeness (QED) is 0.165. The average Bonchev–Trinajstić information content (AvgIpc) is 3.61. The zero-order valence-electron chi connectivity index (χ0n) is 25.9. The van der Waals surface area contributed by atoms with Gasteiger partial charge in [-0.25, -0.2) is 26.5 Å². The van der Waals surface area contributed by atoms with Crippen LogP contribution in [0.5, 0.6) is 17.2 Å². The van der Waals surface area contributed by atoms with Crippen LogP contribution < -0.4 is 18.5 Å². The second kappa shape index (κ2) is 13.5. The highest BCUT2D eigenvalue weighted by Crippen LogP contribution is 2.49. The predicted octanol–water partition coefficient (Wildman–Crippen LogP) is 7.67. The summed E-state index contributed by atoms with van der Waals surface area (Å²) in [5.74, 6) is -2.16. The highest BCUT2D eigenvalue weighted by molar-refractivity contribution is 7.93. The van der Waals surface area contributed by atoms with Gasteiger partial charge in [0, 0.05) is 53.3 Å². The van der Waals surface area contributed by atoms with E-state index in [1.54, 1.807) is 23.6 Å². The zero-order chi connectivity index (χ0) is 34.2. The van der Waals surface area contributed by atoms with Gasteiger partial charge in [0.1, 0.15) is 33.8 Å². The van der Waals surface area contributed by atoms with Crippen molar-refractivity contribution in [3.8, 4) is 17.2 Å². The second-order valence-electron chi connectivity index (χ2n) is 11.5. The largest absolute Gasteiger partial charge is 0.497 e. The van der Waals surface area contributed by atoms with Crippen molar-refractivity contribution in [1.29, 1.82) is 0 Å². The highest BCUT2D eigenvalue weighted by atomic mass is 32.2. The molecule has 1 saturated heterocycles. The Bertz CT molecular complexity index is 1860. The van der Waals surface area contributed by atoms with Crippen molar-refractivity contribution < 1.29 is 44.6 Å². The Morgan fingerprint density at radius 1 is 1.02 bits per heavy atom. The standard InChI is InChI=1S/C33H32F5N3O5S2/c1-44-24-8-5-21(29(16-24)45-2)19-41(32-39-11-14-47-32)48(42,43)31-18-30-25(17-26(31)35)27(10-13-46-30)40-12-9-22(33(36,37)38)15-28(40)20-3-6-23(34)7-4-20/h3-8,11,14,16-18,22,27-28H,9-10,12-13,15,19H2,1-2H3/t22-,27?,28+/m0/s1. The molecule has 1 fully saturated rings. The Morgan fingerprint density at radius 3 is 2.46 bits per heavy atom. The number of methoxy groups -OCH3 is 2. The van der Waals surface area contributed by atoms with Gasteiger partial charge in [0.05, 0.1) is 33.3 Å². The van der Waals surface area contributed by atoms with E-state index in [4.69, 9.17) is 14.2 Å². The Balaban J connectivity index is 1.37. The third-order valence-electron chi connectivity index (χ3n) is 8.84.